The van der Waals surface area contributed by atoms with Crippen molar-refractivity contribution in [1.82, 2.24) is 9.55 Å². The Morgan fingerprint density at radius 3 is 2.67 bits per heavy atom. The van der Waals surface area contributed by atoms with Gasteiger partial charge in [-0.25, -0.2) is 18.5 Å². The van der Waals surface area contributed by atoms with Crippen LogP contribution in [-0.2, 0) is 16.6 Å². The lowest BCUT2D eigenvalue weighted by Crippen LogP contribution is -2.11. The van der Waals surface area contributed by atoms with Crippen molar-refractivity contribution >= 4 is 32.8 Å². The molecule has 0 spiro atoms. The predicted molar refractivity (Wildman–Crippen MR) is 109 cm³/mol. The number of primary sulfonamides is 1. The molecule has 0 aliphatic carbocycles. The van der Waals surface area contributed by atoms with E-state index in [1.54, 1.807) is 23.9 Å². The highest BCUT2D eigenvalue weighted by Gasteiger charge is 2.14. The standard InChI is InChI=1S/C19H23N3O3S2/c1-2-11-22-18-10-9-16(27(20,23)24)14-17(18)21-19(22)26-13-6-12-25-15-7-4-3-5-8-15/h3-5,7-10,14H,2,6,11-13H2,1H3,(H2,20,23,24). The van der Waals surface area contributed by atoms with E-state index < -0.39 is 10.0 Å². The fraction of sp³-hybridized carbons (Fsp3) is 0.316. The minimum absolute atomic E-state index is 0.0870. The van der Waals surface area contributed by atoms with E-state index >= 15 is 0 Å². The van der Waals surface area contributed by atoms with Crippen LogP contribution in [0.25, 0.3) is 11.0 Å². The molecule has 6 nitrogen and oxygen atoms in total. The Morgan fingerprint density at radius 1 is 1.19 bits per heavy atom. The van der Waals surface area contributed by atoms with Crippen LogP contribution in [0.3, 0.4) is 0 Å². The lowest BCUT2D eigenvalue weighted by Gasteiger charge is -2.08. The van der Waals surface area contributed by atoms with E-state index in [1.807, 2.05) is 30.3 Å². The zero-order valence-electron chi connectivity index (χ0n) is 15.2. The topological polar surface area (TPSA) is 87.2 Å². The molecule has 1 aromatic heterocycles. The minimum atomic E-state index is -3.73. The number of aryl methyl sites for hydroxylation is 1. The molecule has 0 atom stereocenters. The molecule has 0 radical (unpaired) electrons. The zero-order chi connectivity index (χ0) is 19.3. The molecule has 0 saturated carbocycles. The molecule has 1 heterocycles. The van der Waals surface area contributed by atoms with E-state index in [0.717, 1.165) is 41.6 Å². The highest BCUT2D eigenvalue weighted by molar-refractivity contribution is 7.99. The van der Waals surface area contributed by atoms with Gasteiger partial charge in [0.1, 0.15) is 5.75 Å². The molecule has 3 aromatic rings. The van der Waals surface area contributed by atoms with Gasteiger partial charge >= 0.3 is 0 Å². The molecule has 3 rings (SSSR count). The Balaban J connectivity index is 1.68. The molecule has 8 heteroatoms. The number of nitrogens with two attached hydrogens (primary N) is 1. The van der Waals surface area contributed by atoms with Crippen molar-refractivity contribution in [3.63, 3.8) is 0 Å². The molecule has 144 valence electrons. The molecule has 0 saturated heterocycles. The second-order valence-electron chi connectivity index (χ2n) is 6.11. The number of ether oxygens (including phenoxy) is 1. The summed E-state index contributed by atoms with van der Waals surface area (Å²) in [6, 6.07) is 14.6. The average molecular weight is 406 g/mol. The van der Waals surface area contributed by atoms with Crippen LogP contribution in [0.2, 0.25) is 0 Å². The highest BCUT2D eigenvalue weighted by atomic mass is 32.2. The van der Waals surface area contributed by atoms with Crippen LogP contribution < -0.4 is 9.88 Å². The summed E-state index contributed by atoms with van der Waals surface area (Å²) < 4.78 is 31.0. The number of rotatable bonds is 9. The summed E-state index contributed by atoms with van der Waals surface area (Å²) in [5.41, 5.74) is 1.57. The van der Waals surface area contributed by atoms with Gasteiger partial charge in [0.25, 0.3) is 0 Å². The fourth-order valence-corrected chi connectivity index (χ4v) is 4.23. The zero-order valence-corrected chi connectivity index (χ0v) is 16.8. The van der Waals surface area contributed by atoms with Crippen LogP contribution >= 0.6 is 11.8 Å². The average Bonchev–Trinajstić information content (AvgIpc) is 2.99. The van der Waals surface area contributed by atoms with E-state index in [0.29, 0.717) is 12.1 Å². The van der Waals surface area contributed by atoms with E-state index in [9.17, 15) is 8.42 Å². The van der Waals surface area contributed by atoms with E-state index in [2.05, 4.69) is 16.5 Å². The molecule has 27 heavy (non-hydrogen) atoms. The molecule has 0 aliphatic rings. The largest absolute Gasteiger partial charge is 0.494 e. The molecular formula is C19H23N3O3S2. The molecule has 0 fully saturated rings. The summed E-state index contributed by atoms with van der Waals surface area (Å²) in [5, 5.41) is 6.12. The van der Waals surface area contributed by atoms with Gasteiger partial charge in [0.15, 0.2) is 5.16 Å². The number of imidazole rings is 1. The SMILES string of the molecule is CCCn1c(SCCCOc2ccccc2)nc2cc(S(N)(=O)=O)ccc21. The summed E-state index contributed by atoms with van der Waals surface area (Å²) >= 11 is 1.65. The van der Waals surface area contributed by atoms with Crippen molar-refractivity contribution < 1.29 is 13.2 Å². The molecule has 0 unspecified atom stereocenters. The van der Waals surface area contributed by atoms with E-state index in [4.69, 9.17) is 9.88 Å². The maximum Gasteiger partial charge on any atom is 0.238 e. The lowest BCUT2D eigenvalue weighted by molar-refractivity contribution is 0.318. The Bertz CT molecular complexity index is 1000. The maximum atomic E-state index is 11.6. The Morgan fingerprint density at radius 2 is 1.96 bits per heavy atom. The van der Waals surface area contributed by atoms with Gasteiger partial charge in [-0.2, -0.15) is 0 Å². The Labute approximate surface area is 163 Å². The van der Waals surface area contributed by atoms with Crippen molar-refractivity contribution in [3.05, 3.63) is 48.5 Å². The predicted octanol–water partition coefficient (Wildman–Crippen LogP) is 3.65. The number of fused-ring (bicyclic) bond motifs is 1. The third-order valence-electron chi connectivity index (χ3n) is 3.99. The van der Waals surface area contributed by atoms with Gasteiger partial charge in [-0.1, -0.05) is 36.9 Å². The third-order valence-corrected chi connectivity index (χ3v) is 5.97. The Hall–Kier alpha value is -2.03. The summed E-state index contributed by atoms with van der Waals surface area (Å²) in [5.74, 6) is 1.73. The third kappa shape index (κ3) is 5.03. The van der Waals surface area contributed by atoms with Crippen LogP contribution in [0, 0.1) is 0 Å². The molecule has 0 aliphatic heterocycles. The first-order valence-electron chi connectivity index (χ1n) is 8.83. The molecule has 0 amide bonds. The van der Waals surface area contributed by atoms with Crippen molar-refractivity contribution in [2.75, 3.05) is 12.4 Å². The van der Waals surface area contributed by atoms with Gasteiger partial charge in [-0.3, -0.25) is 0 Å². The number of hydrogen-bond acceptors (Lipinski definition) is 5. The summed E-state index contributed by atoms with van der Waals surface area (Å²) in [7, 11) is -3.73. The van der Waals surface area contributed by atoms with Crippen LogP contribution in [-0.4, -0.2) is 30.3 Å². The molecule has 0 bridgehead atoms. The van der Waals surface area contributed by atoms with Crippen molar-refractivity contribution in [1.29, 1.82) is 0 Å². The van der Waals surface area contributed by atoms with Crippen LogP contribution in [0.15, 0.2) is 58.6 Å². The number of benzene rings is 2. The maximum absolute atomic E-state index is 11.6. The normalized spacial score (nSPS) is 11.8. The van der Waals surface area contributed by atoms with Crippen LogP contribution in [0.4, 0.5) is 0 Å². The van der Waals surface area contributed by atoms with Gasteiger partial charge in [0.05, 0.1) is 22.5 Å². The fourth-order valence-electron chi connectivity index (χ4n) is 2.74. The van der Waals surface area contributed by atoms with Crippen molar-refractivity contribution in [2.24, 2.45) is 5.14 Å². The second kappa shape index (κ2) is 8.77. The summed E-state index contributed by atoms with van der Waals surface area (Å²) in [6.45, 7) is 3.57. The summed E-state index contributed by atoms with van der Waals surface area (Å²) in [4.78, 5) is 4.71. The lowest BCUT2D eigenvalue weighted by atomic mass is 10.3. The van der Waals surface area contributed by atoms with Crippen LogP contribution in [0.5, 0.6) is 5.75 Å². The second-order valence-corrected chi connectivity index (χ2v) is 8.73. The van der Waals surface area contributed by atoms with Gasteiger partial charge in [-0.15, -0.1) is 0 Å². The monoisotopic (exact) mass is 405 g/mol. The molecule has 2 N–H and O–H groups in total. The number of hydrogen-bond donors (Lipinski definition) is 1. The number of thioether (sulfide) groups is 1. The van der Waals surface area contributed by atoms with Crippen molar-refractivity contribution in [3.8, 4) is 5.75 Å². The first-order valence-corrected chi connectivity index (χ1v) is 11.4. The smallest absolute Gasteiger partial charge is 0.238 e. The van der Waals surface area contributed by atoms with Crippen molar-refractivity contribution in [2.45, 2.75) is 36.4 Å². The van der Waals surface area contributed by atoms with Gasteiger partial charge in [0.2, 0.25) is 10.0 Å². The molecule has 2 aromatic carbocycles. The first kappa shape index (κ1) is 19.7. The first-order chi connectivity index (χ1) is 13.0. The number of sulfonamides is 1. The Kier molecular flexibility index (Phi) is 6.41. The summed E-state index contributed by atoms with van der Waals surface area (Å²) in [6.07, 6.45) is 1.85. The number of aromatic nitrogens is 2. The van der Waals surface area contributed by atoms with Gasteiger partial charge in [-0.05, 0) is 43.2 Å². The molecular weight excluding hydrogens is 382 g/mol. The minimum Gasteiger partial charge on any atom is -0.494 e. The van der Waals surface area contributed by atoms with Crippen LogP contribution in [0.1, 0.15) is 19.8 Å². The number of nitrogens with zero attached hydrogens (tertiary/aromatic N) is 2. The van der Waals surface area contributed by atoms with E-state index in [-0.39, 0.29) is 4.90 Å². The van der Waals surface area contributed by atoms with Gasteiger partial charge in [0, 0.05) is 12.3 Å². The highest BCUT2D eigenvalue weighted by Crippen LogP contribution is 2.26. The van der Waals surface area contributed by atoms with Gasteiger partial charge < -0.3 is 9.30 Å². The number of para-hydroxylation sites is 1. The quantitative estimate of drug-likeness (QED) is 0.434. The van der Waals surface area contributed by atoms with E-state index in [1.165, 1.54) is 6.07 Å².